The lowest BCUT2D eigenvalue weighted by molar-refractivity contribution is -0.137. The van der Waals surface area contributed by atoms with Crippen molar-refractivity contribution in [2.45, 2.75) is 12.7 Å². The van der Waals surface area contributed by atoms with Crippen LogP contribution in [0.2, 0.25) is 0 Å². The van der Waals surface area contributed by atoms with Gasteiger partial charge in [-0.15, -0.1) is 0 Å². The second-order valence-corrected chi connectivity index (χ2v) is 6.44. The van der Waals surface area contributed by atoms with Crippen LogP contribution in [0, 0.1) is 5.82 Å². The van der Waals surface area contributed by atoms with Gasteiger partial charge in [-0.3, -0.25) is 0 Å². The van der Waals surface area contributed by atoms with Crippen LogP contribution in [0.4, 0.5) is 17.6 Å². The average molecular weight is 385 g/mol. The van der Waals surface area contributed by atoms with Gasteiger partial charge in [0.1, 0.15) is 17.2 Å². The molecule has 0 radical (unpaired) electrons. The van der Waals surface area contributed by atoms with Crippen molar-refractivity contribution in [3.63, 3.8) is 0 Å². The number of rotatable bonds is 3. The Hall–Kier alpha value is -3.12. The van der Waals surface area contributed by atoms with Crippen LogP contribution in [0.3, 0.4) is 0 Å². The Balaban J connectivity index is 1.88. The van der Waals surface area contributed by atoms with Gasteiger partial charge in [0, 0.05) is 10.9 Å². The SMILES string of the molecule is NCc1cc2cc(-c3ccc(C(F)(F)F)cc3)cc(-c3ccc(F)cc3)c2o1. The first-order chi connectivity index (χ1) is 13.3. The lowest BCUT2D eigenvalue weighted by atomic mass is 9.96. The zero-order valence-electron chi connectivity index (χ0n) is 14.6. The maximum absolute atomic E-state index is 13.3. The summed E-state index contributed by atoms with van der Waals surface area (Å²) < 4.78 is 57.6. The maximum atomic E-state index is 13.3. The molecular formula is C22H15F4NO. The summed E-state index contributed by atoms with van der Waals surface area (Å²) in [6.07, 6.45) is -4.39. The molecule has 0 aliphatic carbocycles. The average Bonchev–Trinajstić information content (AvgIpc) is 3.11. The van der Waals surface area contributed by atoms with Crippen LogP contribution in [0.5, 0.6) is 0 Å². The van der Waals surface area contributed by atoms with E-state index in [1.807, 2.05) is 12.1 Å². The van der Waals surface area contributed by atoms with Crippen molar-refractivity contribution in [2.75, 3.05) is 0 Å². The van der Waals surface area contributed by atoms with E-state index in [-0.39, 0.29) is 12.4 Å². The quantitative estimate of drug-likeness (QED) is 0.416. The highest BCUT2D eigenvalue weighted by Gasteiger charge is 2.30. The summed E-state index contributed by atoms with van der Waals surface area (Å²) in [5.41, 5.74) is 8.38. The third-order valence-corrected chi connectivity index (χ3v) is 4.57. The van der Waals surface area contributed by atoms with Gasteiger partial charge in [0.2, 0.25) is 0 Å². The topological polar surface area (TPSA) is 39.2 Å². The van der Waals surface area contributed by atoms with Crippen molar-refractivity contribution in [1.29, 1.82) is 0 Å². The maximum Gasteiger partial charge on any atom is 0.416 e. The van der Waals surface area contributed by atoms with Gasteiger partial charge >= 0.3 is 6.18 Å². The number of hydrogen-bond acceptors (Lipinski definition) is 2. The number of alkyl halides is 3. The molecular weight excluding hydrogens is 370 g/mol. The van der Waals surface area contributed by atoms with Crippen LogP contribution < -0.4 is 5.73 Å². The van der Waals surface area contributed by atoms with Crippen molar-refractivity contribution in [3.8, 4) is 22.3 Å². The fraction of sp³-hybridized carbons (Fsp3) is 0.0909. The van der Waals surface area contributed by atoms with E-state index < -0.39 is 11.7 Å². The van der Waals surface area contributed by atoms with Gasteiger partial charge in [-0.1, -0.05) is 24.3 Å². The lowest BCUT2D eigenvalue weighted by Gasteiger charge is -2.10. The Kier molecular flexibility index (Phi) is 4.43. The molecule has 2 N–H and O–H groups in total. The van der Waals surface area contributed by atoms with Crippen LogP contribution in [0.1, 0.15) is 11.3 Å². The van der Waals surface area contributed by atoms with E-state index >= 15 is 0 Å². The highest BCUT2D eigenvalue weighted by Crippen LogP contribution is 2.37. The molecule has 4 aromatic rings. The van der Waals surface area contributed by atoms with E-state index in [0.717, 1.165) is 28.6 Å². The fourth-order valence-corrected chi connectivity index (χ4v) is 3.17. The van der Waals surface area contributed by atoms with Gasteiger partial charge < -0.3 is 10.2 Å². The van der Waals surface area contributed by atoms with Gasteiger partial charge in [0.05, 0.1) is 12.1 Å². The number of nitrogens with two attached hydrogens (primary N) is 1. The summed E-state index contributed by atoms with van der Waals surface area (Å²) in [4.78, 5) is 0. The molecule has 2 nitrogen and oxygen atoms in total. The molecule has 6 heteroatoms. The summed E-state index contributed by atoms with van der Waals surface area (Å²) in [5.74, 6) is 0.226. The molecule has 4 rings (SSSR count). The molecule has 0 atom stereocenters. The first kappa shape index (κ1) is 18.3. The Morgan fingerprint density at radius 1 is 0.786 bits per heavy atom. The standard InChI is InChI=1S/C22H15F4NO/c23-18-7-3-14(4-8-18)20-11-15(9-16-10-19(12-27)28-21(16)20)13-1-5-17(6-2-13)22(24,25)26/h1-11H,12,27H2. The van der Waals surface area contributed by atoms with Crippen molar-refractivity contribution < 1.29 is 22.0 Å². The number of fused-ring (bicyclic) bond motifs is 1. The van der Waals surface area contributed by atoms with Crippen molar-refractivity contribution in [2.24, 2.45) is 5.73 Å². The second-order valence-electron chi connectivity index (χ2n) is 6.44. The van der Waals surface area contributed by atoms with E-state index in [4.69, 9.17) is 10.2 Å². The molecule has 28 heavy (non-hydrogen) atoms. The number of furan rings is 1. The van der Waals surface area contributed by atoms with Gasteiger partial charge in [-0.05, 0) is 59.2 Å². The molecule has 0 unspecified atom stereocenters. The van der Waals surface area contributed by atoms with Crippen LogP contribution in [-0.4, -0.2) is 0 Å². The molecule has 0 aliphatic heterocycles. The minimum atomic E-state index is -4.39. The molecule has 0 fully saturated rings. The van der Waals surface area contributed by atoms with Crippen LogP contribution in [-0.2, 0) is 12.7 Å². The Morgan fingerprint density at radius 3 is 2.04 bits per heavy atom. The predicted octanol–water partition coefficient (Wildman–Crippen LogP) is 6.38. The molecule has 0 bridgehead atoms. The highest BCUT2D eigenvalue weighted by atomic mass is 19.4. The van der Waals surface area contributed by atoms with Crippen molar-refractivity contribution in [1.82, 2.24) is 0 Å². The van der Waals surface area contributed by atoms with Crippen LogP contribution in [0.25, 0.3) is 33.2 Å². The third kappa shape index (κ3) is 3.39. The monoisotopic (exact) mass is 385 g/mol. The molecule has 0 amide bonds. The third-order valence-electron chi connectivity index (χ3n) is 4.57. The van der Waals surface area contributed by atoms with Crippen molar-refractivity contribution in [3.05, 3.63) is 83.9 Å². The number of halogens is 4. The van der Waals surface area contributed by atoms with E-state index in [1.54, 1.807) is 18.2 Å². The molecule has 142 valence electrons. The molecule has 0 spiro atoms. The fourth-order valence-electron chi connectivity index (χ4n) is 3.17. The smallest absolute Gasteiger partial charge is 0.416 e. The van der Waals surface area contributed by atoms with Gasteiger partial charge in [-0.2, -0.15) is 13.2 Å². The minimum Gasteiger partial charge on any atom is -0.459 e. The largest absolute Gasteiger partial charge is 0.459 e. The van der Waals surface area contributed by atoms with Gasteiger partial charge in [0.15, 0.2) is 0 Å². The molecule has 0 saturated carbocycles. The van der Waals surface area contributed by atoms with E-state index in [2.05, 4.69) is 0 Å². The number of hydrogen-bond donors (Lipinski definition) is 1. The second kappa shape index (κ2) is 6.80. The lowest BCUT2D eigenvalue weighted by Crippen LogP contribution is -2.03. The molecule has 0 aliphatic rings. The van der Waals surface area contributed by atoms with Crippen LogP contribution in [0.15, 0.2) is 71.1 Å². The summed E-state index contributed by atoms with van der Waals surface area (Å²) in [7, 11) is 0. The first-order valence-electron chi connectivity index (χ1n) is 8.55. The zero-order chi connectivity index (χ0) is 19.9. The highest BCUT2D eigenvalue weighted by molar-refractivity contribution is 5.97. The normalized spacial score (nSPS) is 11.9. The molecule has 3 aromatic carbocycles. The van der Waals surface area contributed by atoms with E-state index in [9.17, 15) is 17.6 Å². The molecule has 1 heterocycles. The Morgan fingerprint density at radius 2 is 1.43 bits per heavy atom. The zero-order valence-corrected chi connectivity index (χ0v) is 14.6. The Bertz CT molecular complexity index is 1130. The number of benzene rings is 3. The summed E-state index contributed by atoms with van der Waals surface area (Å²) >= 11 is 0. The van der Waals surface area contributed by atoms with Crippen LogP contribution >= 0.6 is 0 Å². The summed E-state index contributed by atoms with van der Waals surface area (Å²) in [6.45, 7) is 0.215. The predicted molar refractivity (Wildman–Crippen MR) is 99.9 cm³/mol. The van der Waals surface area contributed by atoms with Crippen molar-refractivity contribution >= 4 is 11.0 Å². The Labute approximate surface area is 158 Å². The van der Waals surface area contributed by atoms with E-state index in [0.29, 0.717) is 22.5 Å². The van der Waals surface area contributed by atoms with Gasteiger partial charge in [-0.25, -0.2) is 4.39 Å². The molecule has 1 aromatic heterocycles. The van der Waals surface area contributed by atoms with E-state index in [1.165, 1.54) is 24.3 Å². The van der Waals surface area contributed by atoms with Gasteiger partial charge in [0.25, 0.3) is 0 Å². The minimum absolute atomic E-state index is 0.215. The summed E-state index contributed by atoms with van der Waals surface area (Å²) in [5, 5.41) is 0.775. The first-order valence-corrected chi connectivity index (χ1v) is 8.55. The molecule has 0 saturated heterocycles. The summed E-state index contributed by atoms with van der Waals surface area (Å²) in [6, 6.07) is 16.4.